The van der Waals surface area contributed by atoms with Gasteiger partial charge in [-0.1, -0.05) is 17.7 Å². The van der Waals surface area contributed by atoms with Crippen LogP contribution in [0.1, 0.15) is 23.4 Å². The number of aliphatic imine (C=N–C) groups is 1. The molecule has 5 nitrogen and oxygen atoms in total. The van der Waals surface area contributed by atoms with Crippen LogP contribution in [-0.4, -0.2) is 29.3 Å². The molecule has 0 fully saturated rings. The molecule has 0 saturated heterocycles. The van der Waals surface area contributed by atoms with E-state index in [2.05, 4.69) is 33.7 Å². The lowest BCUT2D eigenvalue weighted by Gasteiger charge is -2.12. The average Bonchev–Trinajstić information content (AvgIpc) is 2.87. The number of nitrogens with zero attached hydrogens (tertiary/aromatic N) is 3. The van der Waals surface area contributed by atoms with Gasteiger partial charge in [0.25, 0.3) is 0 Å². The molecule has 8 heteroatoms. The summed E-state index contributed by atoms with van der Waals surface area (Å²) < 4.78 is 15.2. The van der Waals surface area contributed by atoms with E-state index in [1.165, 1.54) is 11.8 Å². The summed E-state index contributed by atoms with van der Waals surface area (Å²) in [4.78, 5) is 4.17. The Balaban J connectivity index is 0.00000312. The minimum atomic E-state index is -0.410. The van der Waals surface area contributed by atoms with Gasteiger partial charge in [-0.15, -0.1) is 24.0 Å². The van der Waals surface area contributed by atoms with E-state index in [0.717, 1.165) is 30.8 Å². The van der Waals surface area contributed by atoms with Crippen LogP contribution in [0.5, 0.6) is 0 Å². The van der Waals surface area contributed by atoms with E-state index in [9.17, 15) is 4.39 Å². The second-order valence-electron chi connectivity index (χ2n) is 5.60. The lowest BCUT2D eigenvalue weighted by molar-refractivity contribution is 0.555. The maximum atomic E-state index is 13.1. The van der Waals surface area contributed by atoms with E-state index in [-0.39, 0.29) is 29.0 Å². The molecular formula is C17H24ClFIN5. The summed E-state index contributed by atoms with van der Waals surface area (Å²) in [6.45, 7) is 6.22. The highest BCUT2D eigenvalue weighted by atomic mass is 127. The van der Waals surface area contributed by atoms with Crippen molar-refractivity contribution in [3.8, 4) is 0 Å². The molecule has 0 atom stereocenters. The molecule has 0 unspecified atom stereocenters. The molecule has 1 heterocycles. The van der Waals surface area contributed by atoms with Crippen molar-refractivity contribution < 1.29 is 4.39 Å². The Morgan fingerprint density at radius 2 is 2.04 bits per heavy atom. The molecule has 0 aliphatic carbocycles. The van der Waals surface area contributed by atoms with Gasteiger partial charge in [0.15, 0.2) is 5.96 Å². The molecule has 0 aliphatic heterocycles. The van der Waals surface area contributed by atoms with Crippen molar-refractivity contribution in [2.45, 2.75) is 33.4 Å². The van der Waals surface area contributed by atoms with Crippen LogP contribution in [0.25, 0.3) is 0 Å². The monoisotopic (exact) mass is 479 g/mol. The lowest BCUT2D eigenvalue weighted by Crippen LogP contribution is -2.37. The van der Waals surface area contributed by atoms with Gasteiger partial charge in [-0.3, -0.25) is 9.67 Å². The highest BCUT2D eigenvalue weighted by molar-refractivity contribution is 14.0. The van der Waals surface area contributed by atoms with Gasteiger partial charge in [-0.25, -0.2) is 4.39 Å². The third-order valence-corrected chi connectivity index (χ3v) is 3.90. The van der Waals surface area contributed by atoms with Crippen LogP contribution in [-0.2, 0) is 13.1 Å². The van der Waals surface area contributed by atoms with E-state index in [1.54, 1.807) is 19.2 Å². The van der Waals surface area contributed by atoms with Gasteiger partial charge in [0.2, 0.25) is 0 Å². The summed E-state index contributed by atoms with van der Waals surface area (Å²) in [7, 11) is 1.72. The molecule has 25 heavy (non-hydrogen) atoms. The molecule has 0 amide bonds. The van der Waals surface area contributed by atoms with Gasteiger partial charge in [-0.05, 0) is 44.0 Å². The zero-order valence-corrected chi connectivity index (χ0v) is 17.7. The molecule has 138 valence electrons. The molecule has 0 bridgehead atoms. The number of halogens is 3. The number of aromatic nitrogens is 2. The highest BCUT2D eigenvalue weighted by Gasteiger charge is 2.03. The maximum absolute atomic E-state index is 13.1. The van der Waals surface area contributed by atoms with Gasteiger partial charge < -0.3 is 10.6 Å². The van der Waals surface area contributed by atoms with Crippen LogP contribution in [0.3, 0.4) is 0 Å². The van der Waals surface area contributed by atoms with Crippen LogP contribution in [0.4, 0.5) is 4.39 Å². The summed E-state index contributed by atoms with van der Waals surface area (Å²) >= 11 is 5.78. The normalized spacial score (nSPS) is 11.2. The first kappa shape index (κ1) is 21.7. The molecular weight excluding hydrogens is 456 g/mol. The van der Waals surface area contributed by atoms with Crippen LogP contribution in [0.2, 0.25) is 5.02 Å². The largest absolute Gasteiger partial charge is 0.356 e. The van der Waals surface area contributed by atoms with Crippen LogP contribution in [0.15, 0.2) is 29.3 Å². The van der Waals surface area contributed by atoms with Crippen LogP contribution >= 0.6 is 35.6 Å². The number of hydrogen-bond acceptors (Lipinski definition) is 2. The van der Waals surface area contributed by atoms with Crippen molar-refractivity contribution in [2.24, 2.45) is 4.99 Å². The van der Waals surface area contributed by atoms with Crippen molar-refractivity contribution in [3.63, 3.8) is 0 Å². The Morgan fingerprint density at radius 1 is 1.28 bits per heavy atom. The van der Waals surface area contributed by atoms with Crippen molar-refractivity contribution in [3.05, 3.63) is 52.1 Å². The topological polar surface area (TPSA) is 54.2 Å². The minimum Gasteiger partial charge on any atom is -0.356 e. The predicted molar refractivity (Wildman–Crippen MR) is 111 cm³/mol. The van der Waals surface area contributed by atoms with Crippen molar-refractivity contribution in [1.29, 1.82) is 0 Å². The number of benzene rings is 1. The smallest absolute Gasteiger partial charge is 0.191 e. The van der Waals surface area contributed by atoms with E-state index in [1.807, 2.05) is 11.6 Å². The van der Waals surface area contributed by atoms with Gasteiger partial charge in [0.05, 0.1) is 10.7 Å². The summed E-state index contributed by atoms with van der Waals surface area (Å²) in [5, 5.41) is 11.0. The van der Waals surface area contributed by atoms with Crippen molar-refractivity contribution in [2.75, 3.05) is 13.6 Å². The molecule has 2 aromatic rings. The zero-order valence-electron chi connectivity index (χ0n) is 14.6. The van der Waals surface area contributed by atoms with E-state index < -0.39 is 5.82 Å². The SMILES string of the molecule is CN=C(NCCCn1nc(C)cc1C)NCc1ccc(F)c(Cl)c1.I. The number of rotatable bonds is 6. The standard InChI is InChI=1S/C17H23ClFN5.HI/c1-12-9-13(2)24(23-12)8-4-7-21-17(20-3)22-11-14-5-6-16(19)15(18)10-14;/h5-6,9-10H,4,7-8,11H2,1-3H3,(H2,20,21,22);1H. The quantitative estimate of drug-likeness (QED) is 0.288. The van der Waals surface area contributed by atoms with Gasteiger partial charge in [0.1, 0.15) is 5.82 Å². The Morgan fingerprint density at radius 3 is 2.64 bits per heavy atom. The third kappa shape index (κ3) is 6.81. The summed E-state index contributed by atoms with van der Waals surface area (Å²) in [5.41, 5.74) is 3.10. The molecule has 2 N–H and O–H groups in total. The Kier molecular flexibility index (Phi) is 9.20. The minimum absolute atomic E-state index is 0. The molecule has 1 aromatic carbocycles. The molecule has 0 spiro atoms. The molecule has 0 radical (unpaired) electrons. The first-order valence-electron chi connectivity index (χ1n) is 7.89. The van der Waals surface area contributed by atoms with E-state index in [0.29, 0.717) is 12.5 Å². The maximum Gasteiger partial charge on any atom is 0.191 e. The third-order valence-electron chi connectivity index (χ3n) is 3.61. The van der Waals surface area contributed by atoms with Crippen LogP contribution < -0.4 is 10.6 Å². The molecule has 1 aromatic heterocycles. The first-order chi connectivity index (χ1) is 11.5. The van der Waals surface area contributed by atoms with Gasteiger partial charge in [-0.2, -0.15) is 5.10 Å². The summed E-state index contributed by atoms with van der Waals surface area (Å²) in [6, 6.07) is 6.75. The fraction of sp³-hybridized carbons (Fsp3) is 0.412. The first-order valence-corrected chi connectivity index (χ1v) is 8.27. The Hall–Kier alpha value is -1.35. The summed E-state index contributed by atoms with van der Waals surface area (Å²) in [6.07, 6.45) is 0.936. The molecule has 0 saturated carbocycles. The lowest BCUT2D eigenvalue weighted by atomic mass is 10.2. The fourth-order valence-corrected chi connectivity index (χ4v) is 2.60. The highest BCUT2D eigenvalue weighted by Crippen LogP contribution is 2.15. The molecule has 0 aliphatic rings. The van der Waals surface area contributed by atoms with E-state index in [4.69, 9.17) is 11.6 Å². The van der Waals surface area contributed by atoms with Crippen molar-refractivity contribution >= 4 is 41.5 Å². The van der Waals surface area contributed by atoms with E-state index >= 15 is 0 Å². The number of aryl methyl sites for hydroxylation is 3. The summed E-state index contributed by atoms with van der Waals surface area (Å²) in [5.74, 6) is 0.288. The predicted octanol–water partition coefficient (Wildman–Crippen LogP) is 3.67. The molecule has 2 rings (SSSR count). The van der Waals surface area contributed by atoms with Gasteiger partial charge in [0, 0.05) is 32.4 Å². The Bertz CT molecular complexity index is 717. The Labute approximate surface area is 170 Å². The number of hydrogen-bond donors (Lipinski definition) is 2. The number of nitrogens with one attached hydrogen (secondary N) is 2. The van der Waals surface area contributed by atoms with Crippen LogP contribution in [0, 0.1) is 19.7 Å². The second-order valence-corrected chi connectivity index (χ2v) is 6.01. The van der Waals surface area contributed by atoms with Crippen molar-refractivity contribution in [1.82, 2.24) is 20.4 Å². The number of guanidine groups is 1. The average molecular weight is 480 g/mol. The van der Waals surface area contributed by atoms with Gasteiger partial charge >= 0.3 is 0 Å². The zero-order chi connectivity index (χ0) is 17.5. The second kappa shape index (κ2) is 10.6. The fourth-order valence-electron chi connectivity index (χ4n) is 2.39.